The van der Waals surface area contributed by atoms with Crippen molar-refractivity contribution >= 4 is 13.6 Å². The van der Waals surface area contributed by atoms with Crippen molar-refractivity contribution in [1.82, 2.24) is 9.97 Å². The van der Waals surface area contributed by atoms with Crippen molar-refractivity contribution < 1.29 is 23.8 Å². The van der Waals surface area contributed by atoms with Crippen molar-refractivity contribution in [3.63, 3.8) is 0 Å². The van der Waals surface area contributed by atoms with E-state index in [0.29, 0.717) is 12.4 Å². The van der Waals surface area contributed by atoms with Crippen LogP contribution in [-0.4, -0.2) is 19.8 Å². The lowest BCUT2D eigenvalue weighted by Gasteiger charge is -2.05. The van der Waals surface area contributed by atoms with Crippen LogP contribution in [0.2, 0.25) is 0 Å². The number of nitrogen functional groups attached to an aromatic ring is 1. The molecule has 8 nitrogen and oxygen atoms in total. The van der Waals surface area contributed by atoms with Gasteiger partial charge in [0, 0.05) is 31.7 Å². The summed E-state index contributed by atoms with van der Waals surface area (Å²) in [5, 5.41) is 0. The van der Waals surface area contributed by atoms with E-state index in [1.165, 1.54) is 5.69 Å². The van der Waals surface area contributed by atoms with Gasteiger partial charge in [0.1, 0.15) is 11.6 Å². The van der Waals surface area contributed by atoms with E-state index in [1.54, 1.807) is 0 Å². The zero-order valence-electron chi connectivity index (χ0n) is 13.1. The third-order valence-corrected chi connectivity index (χ3v) is 2.93. The molecule has 4 N–H and O–H groups in total. The highest BCUT2D eigenvalue weighted by molar-refractivity contribution is 7.43. The lowest BCUT2D eigenvalue weighted by Crippen LogP contribution is -2.37. The Morgan fingerprint density at radius 1 is 1.39 bits per heavy atom. The number of aromatic nitrogens is 3. The van der Waals surface area contributed by atoms with Gasteiger partial charge >= 0.3 is 0 Å². The molecule has 9 heteroatoms. The monoisotopic (exact) mass is 340 g/mol. The summed E-state index contributed by atoms with van der Waals surface area (Å²) in [6.07, 6.45) is 5.79. The highest BCUT2D eigenvalue weighted by atomic mass is 31.2. The maximum Gasteiger partial charge on any atom is 0.262 e. The molecule has 2 aromatic rings. The minimum Gasteiger partial charge on any atom is -0.756 e. The Hall–Kier alpha value is -1.86. The highest BCUT2D eigenvalue weighted by Crippen LogP contribution is 2.19. The summed E-state index contributed by atoms with van der Waals surface area (Å²) in [4.78, 5) is 31.6. The van der Waals surface area contributed by atoms with Crippen molar-refractivity contribution in [2.24, 2.45) is 0 Å². The summed E-state index contributed by atoms with van der Waals surface area (Å²) in [6, 6.07) is 6.11. The maximum absolute atomic E-state index is 8.77. The molecule has 2 heterocycles. The largest absolute Gasteiger partial charge is 0.756 e. The van der Waals surface area contributed by atoms with E-state index in [2.05, 4.69) is 34.4 Å². The average Bonchev–Trinajstić information content (AvgIpc) is 2.42. The number of anilines is 1. The predicted octanol–water partition coefficient (Wildman–Crippen LogP) is 0.0949. The van der Waals surface area contributed by atoms with Gasteiger partial charge in [-0.25, -0.2) is 9.97 Å². The van der Waals surface area contributed by atoms with E-state index >= 15 is 0 Å². The van der Waals surface area contributed by atoms with Gasteiger partial charge in [-0.15, -0.1) is 0 Å². The molecule has 0 aliphatic carbocycles. The second kappa shape index (κ2) is 8.69. The summed E-state index contributed by atoms with van der Waals surface area (Å²) in [7, 11) is -4.89. The first-order valence-corrected chi connectivity index (χ1v) is 8.55. The van der Waals surface area contributed by atoms with Gasteiger partial charge < -0.3 is 20.4 Å². The van der Waals surface area contributed by atoms with Crippen LogP contribution in [0.25, 0.3) is 0 Å². The lowest BCUT2D eigenvalue weighted by molar-refractivity contribution is -0.694. The molecule has 0 saturated heterocycles. The molecule has 126 valence electrons. The van der Waals surface area contributed by atoms with E-state index in [9.17, 15) is 0 Å². The molecule has 0 bridgehead atoms. The molecule has 2 aromatic heterocycles. The van der Waals surface area contributed by atoms with Crippen molar-refractivity contribution in [3.8, 4) is 0 Å². The van der Waals surface area contributed by atoms with Crippen LogP contribution >= 0.6 is 7.82 Å². The summed E-state index contributed by atoms with van der Waals surface area (Å²) < 4.78 is 10.9. The van der Waals surface area contributed by atoms with Crippen molar-refractivity contribution in [3.05, 3.63) is 47.7 Å². The van der Waals surface area contributed by atoms with Gasteiger partial charge in [0.25, 0.3) is 7.82 Å². The molecule has 0 saturated carbocycles. The van der Waals surface area contributed by atoms with Gasteiger partial charge in [-0.1, -0.05) is 13.0 Å². The van der Waals surface area contributed by atoms with Crippen LogP contribution < -0.4 is 15.2 Å². The van der Waals surface area contributed by atoms with E-state index in [-0.39, 0.29) is 0 Å². The molecule has 0 aliphatic heterocycles. The Bertz CT molecular complexity index is 682. The Labute approximate surface area is 134 Å². The van der Waals surface area contributed by atoms with Gasteiger partial charge in [-0.2, -0.15) is 4.57 Å². The predicted molar refractivity (Wildman–Crippen MR) is 83.0 cm³/mol. The van der Waals surface area contributed by atoms with Crippen LogP contribution in [0.1, 0.15) is 30.4 Å². The van der Waals surface area contributed by atoms with E-state index in [0.717, 1.165) is 24.2 Å². The van der Waals surface area contributed by atoms with Crippen LogP contribution in [0.5, 0.6) is 0 Å². The van der Waals surface area contributed by atoms with Crippen LogP contribution in [0, 0.1) is 6.92 Å². The minimum absolute atomic E-state index is 0.587. The van der Waals surface area contributed by atoms with Gasteiger partial charge in [-0.05, 0) is 6.42 Å². The number of pyridine rings is 1. The molecule has 0 unspecified atom stereocenters. The summed E-state index contributed by atoms with van der Waals surface area (Å²) >= 11 is 0. The average molecular weight is 340 g/mol. The number of phosphoric acid groups is 1. The van der Waals surface area contributed by atoms with Crippen LogP contribution in [0.3, 0.4) is 0 Å². The second-order valence-corrected chi connectivity index (χ2v) is 5.89. The first kappa shape index (κ1) is 19.2. The van der Waals surface area contributed by atoms with Crippen LogP contribution in [0.15, 0.2) is 30.6 Å². The SMILES string of the molecule is CCCc1ncc(C[n+]2ccccc2C)c(N)n1.O=P([O-])(O)O. The molecular weight excluding hydrogens is 319 g/mol. The fourth-order valence-corrected chi connectivity index (χ4v) is 1.85. The van der Waals surface area contributed by atoms with Gasteiger partial charge in [0.15, 0.2) is 18.4 Å². The molecule has 0 radical (unpaired) electrons. The second-order valence-electron chi connectivity index (χ2n) is 4.91. The molecule has 0 spiro atoms. The van der Waals surface area contributed by atoms with E-state index in [1.807, 2.05) is 24.5 Å². The van der Waals surface area contributed by atoms with Crippen molar-refractivity contribution in [2.45, 2.75) is 33.2 Å². The first-order chi connectivity index (χ1) is 10.7. The number of rotatable bonds is 4. The Balaban J connectivity index is 0.000000463. The number of nitrogens with zero attached hydrogens (tertiary/aromatic N) is 3. The zero-order valence-corrected chi connectivity index (χ0v) is 14.0. The molecule has 23 heavy (non-hydrogen) atoms. The fraction of sp³-hybridized carbons (Fsp3) is 0.357. The van der Waals surface area contributed by atoms with Crippen molar-refractivity contribution in [1.29, 1.82) is 0 Å². The van der Waals surface area contributed by atoms with Crippen molar-refractivity contribution in [2.75, 3.05) is 5.73 Å². The first-order valence-electron chi connectivity index (χ1n) is 7.02. The maximum atomic E-state index is 8.77. The number of hydrogen-bond donors (Lipinski definition) is 3. The van der Waals surface area contributed by atoms with Gasteiger partial charge in [0.05, 0.1) is 5.56 Å². The molecule has 0 atom stereocenters. The fourth-order valence-electron chi connectivity index (χ4n) is 1.85. The van der Waals surface area contributed by atoms with E-state index < -0.39 is 7.82 Å². The topological polar surface area (TPSA) is 136 Å². The number of aryl methyl sites for hydroxylation is 2. The Morgan fingerprint density at radius 2 is 2.04 bits per heavy atom. The lowest BCUT2D eigenvalue weighted by atomic mass is 10.2. The molecule has 0 aromatic carbocycles. The Kier molecular flexibility index (Phi) is 7.25. The zero-order chi connectivity index (χ0) is 17.5. The smallest absolute Gasteiger partial charge is 0.262 e. The normalized spacial score (nSPS) is 10.8. The van der Waals surface area contributed by atoms with Gasteiger partial charge in [0.2, 0.25) is 0 Å². The number of hydrogen-bond acceptors (Lipinski definition) is 5. The molecule has 2 rings (SSSR count). The summed E-state index contributed by atoms with van der Waals surface area (Å²) in [6.45, 7) is 4.89. The molecular formula is C14H21N4O4P. The molecule has 0 fully saturated rings. The Morgan fingerprint density at radius 3 is 2.57 bits per heavy atom. The summed E-state index contributed by atoms with van der Waals surface area (Å²) in [5.41, 5.74) is 8.14. The number of nitrogens with two attached hydrogens (primary N) is 1. The standard InChI is InChI=1S/C14H19N4.H3O4P/c1-3-6-13-16-9-12(14(15)17-13)10-18-8-5-4-7-11(18)2;1-5(2,3)4/h4-5,7-9H,3,6,10H2,1-2H3,(H2,15,16,17);(H3,1,2,3,4)/q+1;/p-1. The highest BCUT2D eigenvalue weighted by Gasteiger charge is 2.11. The minimum atomic E-state index is -4.89. The molecule has 0 amide bonds. The van der Waals surface area contributed by atoms with Crippen LogP contribution in [-0.2, 0) is 17.5 Å². The van der Waals surface area contributed by atoms with E-state index in [4.69, 9.17) is 25.0 Å². The van der Waals surface area contributed by atoms with Gasteiger partial charge in [-0.3, -0.25) is 4.57 Å². The third-order valence-electron chi connectivity index (χ3n) is 2.93. The molecule has 0 aliphatic rings. The van der Waals surface area contributed by atoms with Crippen LogP contribution in [0.4, 0.5) is 5.82 Å². The third kappa shape index (κ3) is 7.80. The summed E-state index contributed by atoms with van der Waals surface area (Å²) in [5.74, 6) is 1.41. The quantitative estimate of drug-likeness (QED) is 0.530.